The lowest BCUT2D eigenvalue weighted by Gasteiger charge is -2.11. The molecule has 0 fully saturated rings. The van der Waals surface area contributed by atoms with E-state index in [0.29, 0.717) is 24.7 Å². The van der Waals surface area contributed by atoms with Crippen molar-refractivity contribution in [1.29, 1.82) is 0 Å². The van der Waals surface area contributed by atoms with Gasteiger partial charge in [-0.05, 0) is 36.5 Å². The fourth-order valence-corrected chi connectivity index (χ4v) is 2.00. The highest BCUT2D eigenvalue weighted by molar-refractivity contribution is 5.74. The van der Waals surface area contributed by atoms with E-state index in [1.54, 1.807) is 13.8 Å². The van der Waals surface area contributed by atoms with Crippen LogP contribution in [-0.2, 0) is 19.2 Å². The molecule has 0 aromatic rings. The van der Waals surface area contributed by atoms with Gasteiger partial charge in [0.25, 0.3) is 0 Å². The zero-order valence-corrected chi connectivity index (χ0v) is 22.5. The molecular weight excluding hydrogens is 460 g/mol. The standard InChI is InChI=1S/3C6H13NO2.C5H11NO2/c2*1-4(2)3-5(7)6(8)9;1-3-4(2)5(7)6(8)9;1-3(2)4(6)5(7)8/h3*4-5H,3,7H2,1-2H3,(H,8,9);3-4H,6H2,1-2H3,(H,7,8). The van der Waals surface area contributed by atoms with Gasteiger partial charge in [0.05, 0.1) is 0 Å². The minimum atomic E-state index is -0.931. The van der Waals surface area contributed by atoms with Crippen molar-refractivity contribution in [1.82, 2.24) is 0 Å². The number of hydrogen-bond donors (Lipinski definition) is 8. The lowest BCUT2D eigenvalue weighted by Crippen LogP contribution is -2.36. The van der Waals surface area contributed by atoms with Gasteiger partial charge in [-0.3, -0.25) is 19.2 Å². The Hall–Kier alpha value is -2.28. The van der Waals surface area contributed by atoms with Crippen LogP contribution in [0, 0.1) is 23.7 Å². The highest BCUT2D eigenvalue weighted by Gasteiger charge is 2.17. The molecule has 0 saturated carbocycles. The lowest BCUT2D eigenvalue weighted by molar-refractivity contribution is -0.140. The van der Waals surface area contributed by atoms with E-state index in [0.717, 1.165) is 6.42 Å². The summed E-state index contributed by atoms with van der Waals surface area (Å²) in [6.07, 6.45) is 1.91. The number of nitrogens with two attached hydrogens (primary N) is 4. The van der Waals surface area contributed by atoms with Crippen LogP contribution >= 0.6 is 0 Å². The number of carboxylic acid groups (broad SMARTS) is 4. The number of hydrogen-bond acceptors (Lipinski definition) is 8. The van der Waals surface area contributed by atoms with Crippen molar-refractivity contribution in [3.63, 3.8) is 0 Å². The van der Waals surface area contributed by atoms with E-state index in [4.69, 9.17) is 43.4 Å². The van der Waals surface area contributed by atoms with Crippen LogP contribution in [0.4, 0.5) is 0 Å². The second kappa shape index (κ2) is 22.2. The monoisotopic (exact) mass is 510 g/mol. The topological polar surface area (TPSA) is 253 Å². The Balaban J connectivity index is -0.000000183. The van der Waals surface area contributed by atoms with E-state index < -0.39 is 48.0 Å². The Morgan fingerprint density at radius 2 is 0.857 bits per heavy atom. The molecule has 0 rings (SSSR count). The van der Waals surface area contributed by atoms with Crippen molar-refractivity contribution in [2.75, 3.05) is 0 Å². The fourth-order valence-electron chi connectivity index (χ4n) is 2.00. The third kappa shape index (κ3) is 27.8. The van der Waals surface area contributed by atoms with Crippen LogP contribution in [0.1, 0.15) is 74.7 Å². The number of carbonyl (C=O) groups is 4. The van der Waals surface area contributed by atoms with E-state index in [1.807, 2.05) is 41.5 Å². The highest BCUT2D eigenvalue weighted by atomic mass is 16.4. The van der Waals surface area contributed by atoms with Crippen molar-refractivity contribution >= 4 is 23.9 Å². The highest BCUT2D eigenvalue weighted by Crippen LogP contribution is 2.04. The molecule has 0 aliphatic heterocycles. The van der Waals surface area contributed by atoms with Crippen molar-refractivity contribution in [3.8, 4) is 0 Å². The van der Waals surface area contributed by atoms with Crippen LogP contribution in [0.3, 0.4) is 0 Å². The van der Waals surface area contributed by atoms with E-state index in [2.05, 4.69) is 0 Å². The molecule has 0 saturated heterocycles. The molecule has 35 heavy (non-hydrogen) atoms. The van der Waals surface area contributed by atoms with Crippen LogP contribution < -0.4 is 22.9 Å². The predicted molar refractivity (Wildman–Crippen MR) is 136 cm³/mol. The summed E-state index contributed by atoms with van der Waals surface area (Å²) >= 11 is 0. The van der Waals surface area contributed by atoms with Crippen LogP contribution in [0.5, 0.6) is 0 Å². The second-order valence-corrected chi connectivity index (χ2v) is 9.51. The smallest absolute Gasteiger partial charge is 0.320 e. The van der Waals surface area contributed by atoms with Gasteiger partial charge in [0.1, 0.15) is 24.2 Å². The first kappa shape index (κ1) is 39.9. The number of rotatable bonds is 11. The number of aliphatic carboxylic acids is 4. The average molecular weight is 511 g/mol. The molecule has 0 radical (unpaired) electrons. The first-order chi connectivity index (χ1) is 15.7. The lowest BCUT2D eigenvalue weighted by atomic mass is 10.0. The maximum atomic E-state index is 10.2. The van der Waals surface area contributed by atoms with Gasteiger partial charge in [-0.25, -0.2) is 0 Å². The third-order valence-electron chi connectivity index (χ3n) is 4.63. The van der Waals surface area contributed by atoms with Gasteiger partial charge in [-0.15, -0.1) is 0 Å². The summed E-state index contributed by atoms with van der Waals surface area (Å²) < 4.78 is 0. The molecule has 210 valence electrons. The Kier molecular flexibility index (Phi) is 25.3. The molecule has 0 aliphatic rings. The normalized spacial score (nSPS) is 14.6. The molecule has 12 N–H and O–H groups in total. The van der Waals surface area contributed by atoms with E-state index in [1.165, 1.54) is 0 Å². The van der Waals surface area contributed by atoms with E-state index in [9.17, 15) is 19.2 Å². The molecule has 0 amide bonds. The average Bonchev–Trinajstić information content (AvgIpc) is 2.71. The van der Waals surface area contributed by atoms with Crippen molar-refractivity contribution in [2.24, 2.45) is 46.6 Å². The summed E-state index contributed by atoms with van der Waals surface area (Å²) in [5.41, 5.74) is 20.9. The maximum Gasteiger partial charge on any atom is 0.320 e. The van der Waals surface area contributed by atoms with E-state index in [-0.39, 0.29) is 11.8 Å². The molecule has 0 bridgehead atoms. The Bertz CT molecular complexity index is 574. The van der Waals surface area contributed by atoms with E-state index >= 15 is 0 Å². The van der Waals surface area contributed by atoms with Crippen LogP contribution in [-0.4, -0.2) is 68.5 Å². The zero-order valence-electron chi connectivity index (χ0n) is 22.5. The second-order valence-electron chi connectivity index (χ2n) is 9.51. The van der Waals surface area contributed by atoms with Crippen molar-refractivity contribution in [3.05, 3.63) is 0 Å². The van der Waals surface area contributed by atoms with Crippen molar-refractivity contribution < 1.29 is 39.6 Å². The Morgan fingerprint density at radius 3 is 0.914 bits per heavy atom. The van der Waals surface area contributed by atoms with Crippen LogP contribution in [0.25, 0.3) is 0 Å². The fraction of sp³-hybridized carbons (Fsp3) is 0.826. The Labute approximate surface area is 209 Å². The summed E-state index contributed by atoms with van der Waals surface area (Å²) in [6, 6.07) is -2.79. The van der Waals surface area contributed by atoms with Gasteiger partial charge in [-0.2, -0.15) is 0 Å². The SMILES string of the molecule is CC(C)C(N)C(=O)O.CC(C)CC(N)C(=O)O.CC(C)CC(N)C(=O)O.CCC(C)C(N)C(=O)O. The van der Waals surface area contributed by atoms with Crippen molar-refractivity contribution in [2.45, 2.75) is 98.8 Å². The molecule has 12 nitrogen and oxygen atoms in total. The molecule has 0 aliphatic carbocycles. The molecule has 0 spiro atoms. The summed E-state index contributed by atoms with van der Waals surface area (Å²) in [7, 11) is 0. The van der Waals surface area contributed by atoms with Gasteiger partial charge in [0, 0.05) is 0 Å². The maximum absolute atomic E-state index is 10.2. The largest absolute Gasteiger partial charge is 0.480 e. The summed E-state index contributed by atoms with van der Waals surface area (Å²) in [6.45, 7) is 15.1. The van der Waals surface area contributed by atoms with Crippen LogP contribution in [0.15, 0.2) is 0 Å². The minimum Gasteiger partial charge on any atom is -0.480 e. The molecule has 12 heteroatoms. The summed E-state index contributed by atoms with van der Waals surface area (Å²) in [5, 5.41) is 33.2. The first-order valence-corrected chi connectivity index (χ1v) is 11.7. The van der Waals surface area contributed by atoms with Crippen LogP contribution in [0.2, 0.25) is 0 Å². The molecule has 0 aromatic carbocycles. The van der Waals surface area contributed by atoms with Gasteiger partial charge in [-0.1, -0.05) is 61.8 Å². The Morgan fingerprint density at radius 1 is 0.571 bits per heavy atom. The van der Waals surface area contributed by atoms with Gasteiger partial charge < -0.3 is 43.4 Å². The molecule has 5 atom stereocenters. The zero-order chi connectivity index (χ0) is 29.0. The number of carboxylic acids is 4. The minimum absolute atomic E-state index is 0.0208. The first-order valence-electron chi connectivity index (χ1n) is 11.7. The summed E-state index contributed by atoms with van der Waals surface area (Å²) in [4.78, 5) is 40.4. The quantitative estimate of drug-likeness (QED) is 0.196. The molecule has 5 unspecified atom stereocenters. The molecule has 0 aromatic heterocycles. The third-order valence-corrected chi connectivity index (χ3v) is 4.63. The molecular formula is C23H50N4O8. The van der Waals surface area contributed by atoms with Gasteiger partial charge >= 0.3 is 23.9 Å². The molecule has 0 heterocycles. The van der Waals surface area contributed by atoms with Gasteiger partial charge in [0.15, 0.2) is 0 Å². The van der Waals surface area contributed by atoms with Gasteiger partial charge in [0.2, 0.25) is 0 Å². The predicted octanol–water partition coefficient (Wildman–Crippen LogP) is 1.39. The summed E-state index contributed by atoms with van der Waals surface area (Å²) in [5.74, 6) is -2.86.